The monoisotopic (exact) mass is 255 g/mol. The molecule has 0 heterocycles. The molecule has 1 saturated carbocycles. The van der Waals surface area contributed by atoms with Crippen LogP contribution in [0.5, 0.6) is 0 Å². The van der Waals surface area contributed by atoms with Crippen LogP contribution in [-0.2, 0) is 6.54 Å². The maximum absolute atomic E-state index is 13.7. The first-order valence-electron chi connectivity index (χ1n) is 6.81. The van der Waals surface area contributed by atoms with E-state index in [1.165, 1.54) is 24.0 Å². The van der Waals surface area contributed by atoms with Crippen molar-refractivity contribution in [2.75, 3.05) is 5.32 Å². The lowest BCUT2D eigenvalue weighted by Gasteiger charge is -2.09. The fourth-order valence-corrected chi connectivity index (χ4v) is 2.29. The summed E-state index contributed by atoms with van der Waals surface area (Å²) in [6, 6.07) is 13.9. The van der Waals surface area contributed by atoms with Gasteiger partial charge in [-0.25, -0.2) is 4.39 Å². The number of rotatable bonds is 4. The second-order valence-electron chi connectivity index (χ2n) is 5.35. The summed E-state index contributed by atoms with van der Waals surface area (Å²) in [7, 11) is 0. The van der Waals surface area contributed by atoms with Gasteiger partial charge in [0.05, 0.1) is 5.69 Å². The van der Waals surface area contributed by atoms with E-state index in [1.54, 1.807) is 12.1 Å². The number of nitrogens with one attached hydrogen (secondary N) is 1. The summed E-state index contributed by atoms with van der Waals surface area (Å²) in [4.78, 5) is 0. The topological polar surface area (TPSA) is 12.0 Å². The molecule has 0 unspecified atom stereocenters. The van der Waals surface area contributed by atoms with E-state index in [-0.39, 0.29) is 5.82 Å². The number of hydrogen-bond donors (Lipinski definition) is 1. The van der Waals surface area contributed by atoms with Crippen LogP contribution in [0.3, 0.4) is 0 Å². The van der Waals surface area contributed by atoms with Crippen LogP contribution in [0.2, 0.25) is 0 Å². The molecule has 0 atom stereocenters. The third-order valence-corrected chi connectivity index (χ3v) is 3.64. The maximum atomic E-state index is 13.7. The van der Waals surface area contributed by atoms with Crippen molar-refractivity contribution in [3.05, 3.63) is 65.0 Å². The van der Waals surface area contributed by atoms with E-state index < -0.39 is 0 Å². The second kappa shape index (κ2) is 5.04. The van der Waals surface area contributed by atoms with Crippen LogP contribution < -0.4 is 5.32 Å². The average Bonchev–Trinajstić information content (AvgIpc) is 3.23. The van der Waals surface area contributed by atoms with Crippen molar-refractivity contribution in [3.8, 4) is 0 Å². The number of benzene rings is 2. The van der Waals surface area contributed by atoms with Crippen molar-refractivity contribution in [3.63, 3.8) is 0 Å². The Morgan fingerprint density at radius 2 is 1.84 bits per heavy atom. The predicted octanol–water partition coefficient (Wildman–Crippen LogP) is 4.62. The SMILES string of the molecule is Cc1ccc(NCc2ccc(C3CC3)cc2)c(F)c1. The van der Waals surface area contributed by atoms with E-state index in [4.69, 9.17) is 0 Å². The summed E-state index contributed by atoms with van der Waals surface area (Å²) in [5.41, 5.74) is 4.13. The number of aryl methyl sites for hydroxylation is 1. The van der Waals surface area contributed by atoms with Crippen molar-refractivity contribution >= 4 is 5.69 Å². The van der Waals surface area contributed by atoms with Gasteiger partial charge < -0.3 is 5.32 Å². The lowest BCUT2D eigenvalue weighted by molar-refractivity contribution is 0.629. The van der Waals surface area contributed by atoms with Gasteiger partial charge in [-0.1, -0.05) is 30.3 Å². The maximum Gasteiger partial charge on any atom is 0.146 e. The Morgan fingerprint density at radius 1 is 1.11 bits per heavy atom. The summed E-state index contributed by atoms with van der Waals surface area (Å²) in [5.74, 6) is 0.603. The molecule has 2 aromatic carbocycles. The van der Waals surface area contributed by atoms with Gasteiger partial charge in [0.25, 0.3) is 0 Å². The van der Waals surface area contributed by atoms with Crippen LogP contribution >= 0.6 is 0 Å². The van der Waals surface area contributed by atoms with Crippen LogP contribution in [0.25, 0.3) is 0 Å². The van der Waals surface area contributed by atoms with Crippen molar-refractivity contribution in [2.24, 2.45) is 0 Å². The van der Waals surface area contributed by atoms with Gasteiger partial charge in [0.1, 0.15) is 5.82 Å². The highest BCUT2D eigenvalue weighted by atomic mass is 19.1. The first kappa shape index (κ1) is 12.2. The fourth-order valence-electron chi connectivity index (χ4n) is 2.29. The molecule has 1 nitrogen and oxygen atoms in total. The Morgan fingerprint density at radius 3 is 2.47 bits per heavy atom. The average molecular weight is 255 g/mol. The molecule has 1 fully saturated rings. The van der Waals surface area contributed by atoms with Crippen LogP contribution in [-0.4, -0.2) is 0 Å². The molecule has 1 aliphatic rings. The van der Waals surface area contributed by atoms with Gasteiger partial charge in [0.15, 0.2) is 0 Å². The van der Waals surface area contributed by atoms with Gasteiger partial charge >= 0.3 is 0 Å². The molecule has 0 spiro atoms. The van der Waals surface area contributed by atoms with Crippen LogP contribution in [0.4, 0.5) is 10.1 Å². The number of anilines is 1. The first-order chi connectivity index (χ1) is 9.22. The Bertz CT molecular complexity index is 570. The first-order valence-corrected chi connectivity index (χ1v) is 6.81. The quantitative estimate of drug-likeness (QED) is 0.840. The Hall–Kier alpha value is -1.83. The fraction of sp³-hybridized carbons (Fsp3) is 0.294. The van der Waals surface area contributed by atoms with E-state index >= 15 is 0 Å². The Kier molecular flexibility index (Phi) is 3.24. The van der Waals surface area contributed by atoms with Crippen LogP contribution in [0.1, 0.15) is 35.4 Å². The van der Waals surface area contributed by atoms with Gasteiger partial charge in [-0.15, -0.1) is 0 Å². The number of halogens is 1. The van der Waals surface area contributed by atoms with Crippen molar-refractivity contribution in [1.29, 1.82) is 0 Å². The molecule has 2 aromatic rings. The molecule has 0 saturated heterocycles. The van der Waals surface area contributed by atoms with Gasteiger partial charge in [0, 0.05) is 6.54 Å². The minimum Gasteiger partial charge on any atom is -0.379 e. The third kappa shape index (κ3) is 2.95. The molecule has 1 aliphatic carbocycles. The van der Waals surface area contributed by atoms with E-state index in [9.17, 15) is 4.39 Å². The largest absolute Gasteiger partial charge is 0.379 e. The molecule has 0 amide bonds. The minimum atomic E-state index is -0.186. The smallest absolute Gasteiger partial charge is 0.146 e. The summed E-state index contributed by atoms with van der Waals surface area (Å²) in [6.45, 7) is 2.55. The molecule has 2 heteroatoms. The summed E-state index contributed by atoms with van der Waals surface area (Å²) >= 11 is 0. The van der Waals surface area contributed by atoms with Gasteiger partial charge in [0.2, 0.25) is 0 Å². The predicted molar refractivity (Wildman–Crippen MR) is 76.9 cm³/mol. The van der Waals surface area contributed by atoms with Gasteiger partial charge in [-0.3, -0.25) is 0 Å². The zero-order valence-electron chi connectivity index (χ0n) is 11.1. The van der Waals surface area contributed by atoms with Crippen molar-refractivity contribution in [2.45, 2.75) is 32.2 Å². The zero-order valence-corrected chi connectivity index (χ0v) is 11.1. The zero-order chi connectivity index (χ0) is 13.2. The number of hydrogen-bond acceptors (Lipinski definition) is 1. The van der Waals surface area contributed by atoms with Crippen molar-refractivity contribution < 1.29 is 4.39 Å². The Balaban J connectivity index is 1.64. The molecule has 0 radical (unpaired) electrons. The second-order valence-corrected chi connectivity index (χ2v) is 5.35. The normalized spacial score (nSPS) is 14.4. The summed E-state index contributed by atoms with van der Waals surface area (Å²) in [5, 5.41) is 3.15. The standard InChI is InChI=1S/C17H18FN/c1-12-2-9-17(16(18)10-12)19-11-13-3-5-14(6-4-13)15-7-8-15/h2-6,9-10,15,19H,7-8,11H2,1H3. The van der Waals surface area contributed by atoms with Gasteiger partial charge in [-0.2, -0.15) is 0 Å². The van der Waals surface area contributed by atoms with Crippen molar-refractivity contribution in [1.82, 2.24) is 0 Å². The summed E-state index contributed by atoms with van der Waals surface area (Å²) in [6.07, 6.45) is 2.65. The Labute approximate surface area is 113 Å². The molecule has 0 aromatic heterocycles. The lowest BCUT2D eigenvalue weighted by Crippen LogP contribution is -2.01. The summed E-state index contributed by atoms with van der Waals surface area (Å²) < 4.78 is 13.7. The molecule has 98 valence electrons. The third-order valence-electron chi connectivity index (χ3n) is 3.64. The van der Waals surface area contributed by atoms with E-state index in [2.05, 4.69) is 29.6 Å². The highest BCUT2D eigenvalue weighted by Gasteiger charge is 2.22. The highest BCUT2D eigenvalue weighted by Crippen LogP contribution is 2.39. The minimum absolute atomic E-state index is 0.186. The molecule has 0 aliphatic heterocycles. The molecule has 0 bridgehead atoms. The van der Waals surface area contributed by atoms with Gasteiger partial charge in [-0.05, 0) is 54.5 Å². The van der Waals surface area contributed by atoms with E-state index in [0.717, 1.165) is 11.5 Å². The molecular formula is C17H18FN. The van der Waals surface area contributed by atoms with Crippen LogP contribution in [0.15, 0.2) is 42.5 Å². The highest BCUT2D eigenvalue weighted by molar-refractivity contribution is 5.46. The molecule has 1 N–H and O–H groups in total. The van der Waals surface area contributed by atoms with Crippen LogP contribution in [0, 0.1) is 12.7 Å². The van der Waals surface area contributed by atoms with E-state index in [1.807, 2.05) is 13.0 Å². The molecule has 19 heavy (non-hydrogen) atoms. The van der Waals surface area contributed by atoms with E-state index in [0.29, 0.717) is 12.2 Å². The molecule has 3 rings (SSSR count). The lowest BCUT2D eigenvalue weighted by atomic mass is 10.1. The molecular weight excluding hydrogens is 237 g/mol.